The minimum atomic E-state index is -0.931. The highest BCUT2D eigenvalue weighted by molar-refractivity contribution is 5.88. The van der Waals surface area contributed by atoms with Gasteiger partial charge in [-0.15, -0.1) is 0 Å². The first-order valence-electron chi connectivity index (χ1n) is 7.86. The zero-order chi connectivity index (χ0) is 17.4. The van der Waals surface area contributed by atoms with Crippen molar-refractivity contribution >= 4 is 11.7 Å². The van der Waals surface area contributed by atoms with Gasteiger partial charge in [0.1, 0.15) is 6.54 Å². The maximum atomic E-state index is 10.9. The summed E-state index contributed by atoms with van der Waals surface area (Å²) in [6.07, 6.45) is 1.30. The molecule has 0 unspecified atom stereocenters. The van der Waals surface area contributed by atoms with Crippen molar-refractivity contribution in [2.45, 2.75) is 25.7 Å². The molecule has 1 N–H and O–H groups in total. The van der Waals surface area contributed by atoms with E-state index < -0.39 is 5.97 Å². The molecule has 24 heavy (non-hydrogen) atoms. The molecule has 4 heteroatoms. The van der Waals surface area contributed by atoms with Crippen LogP contribution < -0.4 is 0 Å². The van der Waals surface area contributed by atoms with E-state index in [2.05, 4.69) is 30.1 Å². The number of hydrogen-bond acceptors (Lipinski definition) is 3. The molecule has 0 aliphatic rings. The van der Waals surface area contributed by atoms with Crippen molar-refractivity contribution in [1.29, 1.82) is 5.26 Å². The summed E-state index contributed by atoms with van der Waals surface area (Å²) in [6, 6.07) is 19.5. The molecule has 0 aliphatic carbocycles. The molecular weight excluding hydrogens is 300 g/mol. The van der Waals surface area contributed by atoms with Crippen LogP contribution in [-0.4, -0.2) is 23.3 Å². The predicted octanol–water partition coefficient (Wildman–Crippen LogP) is 3.82. The van der Waals surface area contributed by atoms with E-state index in [1.54, 1.807) is 12.1 Å². The molecule has 0 spiro atoms. The highest BCUT2D eigenvalue weighted by Crippen LogP contribution is 2.20. The van der Waals surface area contributed by atoms with Crippen molar-refractivity contribution in [2.24, 2.45) is 4.99 Å². The SMILES string of the molecule is C[C@H](CC(Cc1ccc(C#N)cc1)=NCC(=O)O)c1ccccc1. The second-order valence-electron chi connectivity index (χ2n) is 5.78. The Bertz CT molecular complexity index is 743. The third kappa shape index (κ3) is 5.36. The lowest BCUT2D eigenvalue weighted by Gasteiger charge is -2.14. The molecule has 0 amide bonds. The van der Waals surface area contributed by atoms with Crippen LogP contribution in [0.15, 0.2) is 59.6 Å². The van der Waals surface area contributed by atoms with E-state index >= 15 is 0 Å². The normalized spacial score (nSPS) is 12.4. The molecule has 0 bridgehead atoms. The first-order valence-corrected chi connectivity index (χ1v) is 7.86. The molecule has 4 nitrogen and oxygen atoms in total. The van der Waals surface area contributed by atoms with Crippen LogP contribution in [0.25, 0.3) is 0 Å². The quantitative estimate of drug-likeness (QED) is 0.788. The van der Waals surface area contributed by atoms with E-state index in [0.717, 1.165) is 11.3 Å². The first kappa shape index (κ1) is 17.4. The lowest BCUT2D eigenvalue weighted by molar-refractivity contribution is -0.135. The van der Waals surface area contributed by atoms with Gasteiger partial charge in [0.25, 0.3) is 0 Å². The average molecular weight is 320 g/mol. The molecule has 0 aromatic heterocycles. The number of carboxylic acids is 1. The Balaban J connectivity index is 2.13. The number of carbonyl (C=O) groups is 1. The third-order valence-corrected chi connectivity index (χ3v) is 3.84. The minimum absolute atomic E-state index is 0.215. The second-order valence-corrected chi connectivity index (χ2v) is 5.78. The van der Waals surface area contributed by atoms with Crippen molar-refractivity contribution in [1.82, 2.24) is 0 Å². The summed E-state index contributed by atoms with van der Waals surface area (Å²) in [4.78, 5) is 15.1. The Hall–Kier alpha value is -2.93. The second kappa shape index (κ2) is 8.64. The fourth-order valence-electron chi connectivity index (χ4n) is 2.56. The highest BCUT2D eigenvalue weighted by Gasteiger charge is 2.11. The molecule has 122 valence electrons. The van der Waals surface area contributed by atoms with Gasteiger partial charge in [0, 0.05) is 12.1 Å². The summed E-state index contributed by atoms with van der Waals surface area (Å²) in [6.45, 7) is 1.90. The van der Waals surface area contributed by atoms with Gasteiger partial charge in [0.2, 0.25) is 0 Å². The van der Waals surface area contributed by atoms with E-state index in [9.17, 15) is 4.79 Å². The Labute approximate surface area is 142 Å². The number of aliphatic carboxylic acids is 1. The summed E-state index contributed by atoms with van der Waals surface area (Å²) in [5.74, 6) is -0.670. The van der Waals surface area contributed by atoms with Gasteiger partial charge in [-0.05, 0) is 35.6 Å². The molecule has 0 saturated heterocycles. The Morgan fingerprint density at radius 2 is 1.83 bits per heavy atom. The van der Waals surface area contributed by atoms with Crippen LogP contribution in [0.3, 0.4) is 0 Å². The van der Waals surface area contributed by atoms with Crippen molar-refractivity contribution < 1.29 is 9.90 Å². The van der Waals surface area contributed by atoms with Crippen molar-refractivity contribution in [2.75, 3.05) is 6.54 Å². The summed E-state index contributed by atoms with van der Waals surface area (Å²) in [5.41, 5.74) is 3.71. The van der Waals surface area contributed by atoms with Gasteiger partial charge in [-0.1, -0.05) is 49.4 Å². The zero-order valence-corrected chi connectivity index (χ0v) is 13.6. The molecule has 2 aromatic rings. The van der Waals surface area contributed by atoms with E-state index in [1.807, 2.05) is 30.3 Å². The van der Waals surface area contributed by atoms with Gasteiger partial charge in [0.05, 0.1) is 11.6 Å². The smallest absolute Gasteiger partial charge is 0.325 e. The number of nitrogens with zero attached hydrogens (tertiary/aromatic N) is 2. The zero-order valence-electron chi connectivity index (χ0n) is 13.6. The van der Waals surface area contributed by atoms with Gasteiger partial charge < -0.3 is 5.11 Å². The van der Waals surface area contributed by atoms with Crippen molar-refractivity contribution in [3.63, 3.8) is 0 Å². The number of hydrogen-bond donors (Lipinski definition) is 1. The lowest BCUT2D eigenvalue weighted by Crippen LogP contribution is -2.11. The lowest BCUT2D eigenvalue weighted by atomic mass is 9.93. The van der Waals surface area contributed by atoms with E-state index in [1.165, 1.54) is 5.56 Å². The fourth-order valence-corrected chi connectivity index (χ4v) is 2.56. The van der Waals surface area contributed by atoms with Crippen molar-refractivity contribution in [3.8, 4) is 6.07 Å². The van der Waals surface area contributed by atoms with Gasteiger partial charge in [-0.2, -0.15) is 5.26 Å². The van der Waals surface area contributed by atoms with Crippen LogP contribution in [0, 0.1) is 11.3 Å². The summed E-state index contributed by atoms with van der Waals surface area (Å²) < 4.78 is 0. The summed E-state index contributed by atoms with van der Waals surface area (Å²) in [5, 5.41) is 17.8. The molecule has 0 saturated carbocycles. The standard InChI is InChI=1S/C20H20N2O2/c1-15(18-5-3-2-4-6-18)11-19(22-14-20(23)24)12-16-7-9-17(13-21)10-8-16/h2-10,15H,11-12,14H2,1H3,(H,23,24)/t15-/m1/s1. The number of rotatable bonds is 7. The number of aliphatic imine (C=N–C) groups is 1. The van der Waals surface area contributed by atoms with Gasteiger partial charge in [-0.25, -0.2) is 0 Å². The van der Waals surface area contributed by atoms with E-state index in [4.69, 9.17) is 10.4 Å². The van der Waals surface area contributed by atoms with Gasteiger partial charge in [0.15, 0.2) is 0 Å². The molecule has 0 radical (unpaired) electrons. The van der Waals surface area contributed by atoms with Crippen LogP contribution in [0.5, 0.6) is 0 Å². The van der Waals surface area contributed by atoms with E-state index in [0.29, 0.717) is 18.4 Å². The topological polar surface area (TPSA) is 73.5 Å². The third-order valence-electron chi connectivity index (χ3n) is 3.84. The molecular formula is C20H20N2O2. The van der Waals surface area contributed by atoms with Gasteiger partial charge in [-0.3, -0.25) is 9.79 Å². The van der Waals surface area contributed by atoms with Crippen LogP contribution in [-0.2, 0) is 11.2 Å². The van der Waals surface area contributed by atoms with Crippen LogP contribution in [0.2, 0.25) is 0 Å². The maximum Gasteiger partial charge on any atom is 0.325 e. The largest absolute Gasteiger partial charge is 0.480 e. The molecule has 0 fully saturated rings. The predicted molar refractivity (Wildman–Crippen MR) is 94.3 cm³/mol. The Morgan fingerprint density at radius 3 is 2.42 bits per heavy atom. The molecule has 0 aliphatic heterocycles. The summed E-state index contributed by atoms with van der Waals surface area (Å²) in [7, 11) is 0. The molecule has 0 heterocycles. The van der Waals surface area contributed by atoms with Gasteiger partial charge >= 0.3 is 5.97 Å². The molecule has 2 rings (SSSR count). The van der Waals surface area contributed by atoms with Crippen LogP contribution in [0.4, 0.5) is 0 Å². The fraction of sp³-hybridized carbons (Fsp3) is 0.250. The molecule has 2 aromatic carbocycles. The number of benzene rings is 2. The highest BCUT2D eigenvalue weighted by atomic mass is 16.4. The van der Waals surface area contributed by atoms with Crippen LogP contribution in [0.1, 0.15) is 36.0 Å². The maximum absolute atomic E-state index is 10.9. The van der Waals surface area contributed by atoms with E-state index in [-0.39, 0.29) is 12.5 Å². The Morgan fingerprint density at radius 1 is 1.17 bits per heavy atom. The number of nitriles is 1. The molecule has 1 atom stereocenters. The first-order chi connectivity index (χ1) is 11.6. The Kier molecular flexibility index (Phi) is 6.27. The monoisotopic (exact) mass is 320 g/mol. The van der Waals surface area contributed by atoms with Crippen molar-refractivity contribution in [3.05, 3.63) is 71.3 Å². The van der Waals surface area contributed by atoms with Crippen LogP contribution >= 0.6 is 0 Å². The number of carboxylic acid groups (broad SMARTS) is 1. The average Bonchev–Trinajstić information content (AvgIpc) is 2.61. The summed E-state index contributed by atoms with van der Waals surface area (Å²) >= 11 is 0. The minimum Gasteiger partial charge on any atom is -0.480 e.